The molecule has 1 N–H and O–H groups in total. The van der Waals surface area contributed by atoms with Crippen LogP contribution in [-0.2, 0) is 14.3 Å². The number of piperidine rings is 1. The van der Waals surface area contributed by atoms with E-state index in [0.717, 1.165) is 44.5 Å². The number of nitrogens with one attached hydrogen (secondary N) is 1. The summed E-state index contributed by atoms with van der Waals surface area (Å²) in [5.74, 6) is -0.234. The van der Waals surface area contributed by atoms with Crippen LogP contribution in [0, 0.1) is 12.8 Å². The number of esters is 1. The van der Waals surface area contributed by atoms with Gasteiger partial charge in [0.05, 0.1) is 43.9 Å². The van der Waals surface area contributed by atoms with Crippen LogP contribution in [0.1, 0.15) is 55.5 Å². The minimum atomic E-state index is -0.471. The predicted octanol–water partition coefficient (Wildman–Crippen LogP) is 3.34. The number of amides is 1. The van der Waals surface area contributed by atoms with Crippen LogP contribution in [0.4, 0.5) is 5.69 Å². The zero-order valence-electron chi connectivity index (χ0n) is 17.5. The molecule has 0 saturated carbocycles. The van der Waals surface area contributed by atoms with Crippen LogP contribution in [-0.4, -0.2) is 55.4 Å². The third kappa shape index (κ3) is 5.19. The highest BCUT2D eigenvalue weighted by molar-refractivity contribution is 6.02. The van der Waals surface area contributed by atoms with Gasteiger partial charge < -0.3 is 14.5 Å². The number of hydrogen-bond acceptors (Lipinski definition) is 4. The second kappa shape index (κ2) is 9.82. The molecular formula is C22H33N2O4+. The van der Waals surface area contributed by atoms with Gasteiger partial charge in [-0.1, -0.05) is 19.1 Å². The molecule has 1 aromatic rings. The van der Waals surface area contributed by atoms with Crippen molar-refractivity contribution in [1.82, 2.24) is 0 Å². The fourth-order valence-corrected chi connectivity index (χ4v) is 4.18. The number of benzene rings is 1. The Labute approximate surface area is 167 Å². The quantitative estimate of drug-likeness (QED) is 0.547. The van der Waals surface area contributed by atoms with Crippen LogP contribution in [0.15, 0.2) is 18.2 Å². The maximum Gasteiger partial charge on any atom is 0.339 e. The van der Waals surface area contributed by atoms with Gasteiger partial charge in [0, 0.05) is 6.42 Å². The molecule has 2 atom stereocenters. The van der Waals surface area contributed by atoms with Gasteiger partial charge >= 0.3 is 5.97 Å². The standard InChI is InChI=1S/C22H32N2O4/c1-5-9-19(25)17-11-8-13-24(6-2,14-17)15-20(26)23-21-16(3)10-7-12-18(21)22(27)28-4/h7,10,12,17H,5-6,8-9,11,13-15H2,1-4H3/p+1. The Balaban J connectivity index is 2.15. The van der Waals surface area contributed by atoms with Gasteiger partial charge in [-0.05, 0) is 44.7 Å². The van der Waals surface area contributed by atoms with E-state index in [-0.39, 0.29) is 11.8 Å². The summed E-state index contributed by atoms with van der Waals surface area (Å²) in [4.78, 5) is 37.4. The van der Waals surface area contributed by atoms with E-state index in [1.165, 1.54) is 7.11 Å². The molecule has 0 bridgehead atoms. The third-order valence-electron chi connectivity index (χ3n) is 5.84. The van der Waals surface area contributed by atoms with E-state index in [0.29, 0.717) is 34.5 Å². The molecule has 1 fully saturated rings. The van der Waals surface area contributed by atoms with Crippen molar-refractivity contribution in [2.75, 3.05) is 38.6 Å². The second-order valence-corrected chi connectivity index (χ2v) is 7.81. The molecule has 6 heteroatoms. The van der Waals surface area contributed by atoms with Crippen molar-refractivity contribution in [1.29, 1.82) is 0 Å². The van der Waals surface area contributed by atoms with Gasteiger partial charge in [-0.2, -0.15) is 0 Å². The van der Waals surface area contributed by atoms with Crippen molar-refractivity contribution >= 4 is 23.3 Å². The molecule has 0 spiro atoms. The van der Waals surface area contributed by atoms with Crippen molar-refractivity contribution < 1.29 is 23.6 Å². The summed E-state index contributed by atoms with van der Waals surface area (Å²) in [5, 5.41) is 2.93. The van der Waals surface area contributed by atoms with E-state index < -0.39 is 5.97 Å². The molecular weight excluding hydrogens is 356 g/mol. The zero-order valence-corrected chi connectivity index (χ0v) is 17.5. The average Bonchev–Trinajstić information content (AvgIpc) is 2.69. The number of methoxy groups -OCH3 is 1. The van der Waals surface area contributed by atoms with E-state index in [9.17, 15) is 14.4 Å². The van der Waals surface area contributed by atoms with Crippen LogP contribution < -0.4 is 5.32 Å². The highest BCUT2D eigenvalue weighted by atomic mass is 16.5. The molecule has 2 rings (SSSR count). The first-order chi connectivity index (χ1) is 13.4. The molecule has 2 unspecified atom stereocenters. The number of ether oxygens (including phenoxy) is 1. The number of quaternary nitrogens is 1. The first-order valence-corrected chi connectivity index (χ1v) is 10.2. The maximum absolute atomic E-state index is 12.9. The minimum Gasteiger partial charge on any atom is -0.465 e. The number of likely N-dealkylation sites (N-methyl/N-ethyl adjacent to an activating group) is 1. The number of para-hydroxylation sites is 1. The van der Waals surface area contributed by atoms with E-state index in [4.69, 9.17) is 4.74 Å². The highest BCUT2D eigenvalue weighted by Gasteiger charge is 2.38. The number of rotatable bonds is 8. The molecule has 0 aromatic heterocycles. The Kier molecular flexibility index (Phi) is 7.75. The monoisotopic (exact) mass is 389 g/mol. The molecule has 0 radical (unpaired) electrons. The number of nitrogens with zero attached hydrogens (tertiary/aromatic N) is 1. The molecule has 1 aromatic carbocycles. The van der Waals surface area contributed by atoms with Crippen LogP contribution in [0.5, 0.6) is 0 Å². The lowest BCUT2D eigenvalue weighted by Crippen LogP contribution is -2.58. The van der Waals surface area contributed by atoms with E-state index in [1.807, 2.05) is 19.9 Å². The summed E-state index contributed by atoms with van der Waals surface area (Å²) < 4.78 is 5.45. The summed E-state index contributed by atoms with van der Waals surface area (Å²) >= 11 is 0. The lowest BCUT2D eigenvalue weighted by molar-refractivity contribution is -0.925. The lowest BCUT2D eigenvalue weighted by Gasteiger charge is -2.43. The number of Topliss-reactive ketones (excluding diaryl/α,β-unsaturated/α-hetero) is 1. The molecule has 1 amide bonds. The number of ketones is 1. The fourth-order valence-electron chi connectivity index (χ4n) is 4.18. The second-order valence-electron chi connectivity index (χ2n) is 7.81. The van der Waals surface area contributed by atoms with Gasteiger partial charge in [0.1, 0.15) is 5.78 Å². The first-order valence-electron chi connectivity index (χ1n) is 10.2. The maximum atomic E-state index is 12.9. The normalized spacial score (nSPS) is 21.8. The van der Waals surface area contributed by atoms with Crippen molar-refractivity contribution in [3.05, 3.63) is 29.3 Å². The molecule has 154 valence electrons. The van der Waals surface area contributed by atoms with Crippen molar-refractivity contribution in [2.45, 2.75) is 46.5 Å². The van der Waals surface area contributed by atoms with Crippen LogP contribution in [0.25, 0.3) is 0 Å². The third-order valence-corrected chi connectivity index (χ3v) is 5.84. The highest BCUT2D eigenvalue weighted by Crippen LogP contribution is 2.26. The summed E-state index contributed by atoms with van der Waals surface area (Å²) in [6, 6.07) is 5.28. The van der Waals surface area contributed by atoms with Crippen LogP contribution in [0.3, 0.4) is 0 Å². The van der Waals surface area contributed by atoms with E-state index in [2.05, 4.69) is 12.2 Å². The number of likely N-dealkylation sites (tertiary alicyclic amines) is 1. The zero-order chi connectivity index (χ0) is 20.7. The minimum absolute atomic E-state index is 0.0468. The van der Waals surface area contributed by atoms with Crippen LogP contribution in [0.2, 0.25) is 0 Å². The van der Waals surface area contributed by atoms with Crippen molar-refractivity contribution in [2.24, 2.45) is 5.92 Å². The van der Waals surface area contributed by atoms with Crippen LogP contribution >= 0.6 is 0 Å². The smallest absolute Gasteiger partial charge is 0.339 e. The average molecular weight is 390 g/mol. The number of hydrogen-bond donors (Lipinski definition) is 1. The Morgan fingerprint density at radius 1 is 1.25 bits per heavy atom. The predicted molar refractivity (Wildman–Crippen MR) is 109 cm³/mol. The number of carbonyl (C=O) groups excluding carboxylic acids is 3. The molecule has 6 nitrogen and oxygen atoms in total. The molecule has 1 aliphatic heterocycles. The molecule has 1 saturated heterocycles. The molecule has 0 aliphatic carbocycles. The Bertz CT molecular complexity index is 731. The lowest BCUT2D eigenvalue weighted by atomic mass is 9.89. The van der Waals surface area contributed by atoms with Gasteiger partial charge in [-0.3, -0.25) is 9.59 Å². The van der Waals surface area contributed by atoms with Gasteiger partial charge in [0.2, 0.25) is 0 Å². The van der Waals surface area contributed by atoms with Gasteiger partial charge in [-0.15, -0.1) is 0 Å². The Morgan fingerprint density at radius 2 is 2.00 bits per heavy atom. The van der Waals surface area contributed by atoms with Crippen molar-refractivity contribution in [3.63, 3.8) is 0 Å². The van der Waals surface area contributed by atoms with Gasteiger partial charge in [0.15, 0.2) is 6.54 Å². The van der Waals surface area contributed by atoms with E-state index >= 15 is 0 Å². The van der Waals surface area contributed by atoms with E-state index in [1.54, 1.807) is 12.1 Å². The number of aryl methyl sites for hydroxylation is 1. The SMILES string of the molecule is CCCC(=O)C1CCC[N+](CC)(CC(=O)Nc2c(C)cccc2C(=O)OC)C1. The Morgan fingerprint density at radius 3 is 2.64 bits per heavy atom. The van der Waals surface area contributed by atoms with Crippen molar-refractivity contribution in [3.8, 4) is 0 Å². The molecule has 1 aliphatic rings. The summed E-state index contributed by atoms with van der Waals surface area (Å²) in [7, 11) is 1.33. The summed E-state index contributed by atoms with van der Waals surface area (Å²) in [6.45, 7) is 8.69. The van der Waals surface area contributed by atoms with Gasteiger partial charge in [0.25, 0.3) is 5.91 Å². The Hall–Kier alpha value is -2.21. The first kappa shape index (κ1) is 22.1. The topological polar surface area (TPSA) is 72.5 Å². The number of carbonyl (C=O) groups is 3. The molecule has 1 heterocycles. The van der Waals surface area contributed by atoms with Gasteiger partial charge in [-0.25, -0.2) is 4.79 Å². The molecule has 28 heavy (non-hydrogen) atoms. The number of anilines is 1. The largest absolute Gasteiger partial charge is 0.465 e. The summed E-state index contributed by atoms with van der Waals surface area (Å²) in [6.07, 6.45) is 3.36. The fraction of sp³-hybridized carbons (Fsp3) is 0.591. The summed E-state index contributed by atoms with van der Waals surface area (Å²) in [5.41, 5.74) is 1.67.